The normalized spacial score (nSPS) is 12.8. The van der Waals surface area contributed by atoms with Gasteiger partial charge < -0.3 is 0 Å². The first-order valence-electron chi connectivity index (χ1n) is 4.78. The molecule has 0 spiro atoms. The van der Waals surface area contributed by atoms with Crippen LogP contribution in [0.3, 0.4) is 0 Å². The molecule has 1 aromatic heterocycles. The number of alkyl halides is 1. The average Bonchev–Trinajstić information content (AvgIpc) is 2.09. The fraction of sp³-hybridized carbons (Fsp3) is 0.545. The molecule has 0 saturated heterocycles. The third-order valence-corrected chi connectivity index (χ3v) is 2.38. The molecule has 1 unspecified atom stereocenters. The van der Waals surface area contributed by atoms with E-state index in [0.29, 0.717) is 0 Å². The van der Waals surface area contributed by atoms with E-state index in [1.54, 1.807) is 0 Å². The Morgan fingerprint density at radius 3 is 2.77 bits per heavy atom. The standard InChI is InChI=1S/C11H16ClN/c1-3-4-10(12)7-11-6-5-9(2)8-13-11/h5-6,8,10H,3-4,7H2,1-2H3. The first-order valence-corrected chi connectivity index (χ1v) is 5.21. The van der Waals surface area contributed by atoms with Gasteiger partial charge >= 0.3 is 0 Å². The molecule has 1 aromatic rings. The molecule has 0 fully saturated rings. The predicted octanol–water partition coefficient (Wildman–Crippen LogP) is 3.34. The van der Waals surface area contributed by atoms with Crippen LogP contribution in [0.15, 0.2) is 18.3 Å². The third kappa shape index (κ3) is 3.77. The number of hydrogen-bond donors (Lipinski definition) is 0. The van der Waals surface area contributed by atoms with Crippen molar-refractivity contribution in [1.29, 1.82) is 0 Å². The van der Waals surface area contributed by atoms with E-state index in [2.05, 4.69) is 24.0 Å². The quantitative estimate of drug-likeness (QED) is 0.675. The summed E-state index contributed by atoms with van der Waals surface area (Å²) in [5.74, 6) is 0. The lowest BCUT2D eigenvalue weighted by Gasteiger charge is -2.06. The summed E-state index contributed by atoms with van der Waals surface area (Å²) in [7, 11) is 0. The molecular formula is C11H16ClN. The van der Waals surface area contributed by atoms with Crippen LogP contribution in [0.2, 0.25) is 0 Å². The fourth-order valence-corrected chi connectivity index (χ4v) is 1.64. The van der Waals surface area contributed by atoms with E-state index in [4.69, 9.17) is 11.6 Å². The van der Waals surface area contributed by atoms with Crippen LogP contribution in [-0.4, -0.2) is 10.4 Å². The Balaban J connectivity index is 2.49. The van der Waals surface area contributed by atoms with Gasteiger partial charge in [0, 0.05) is 23.7 Å². The molecule has 0 aliphatic rings. The van der Waals surface area contributed by atoms with E-state index in [0.717, 1.165) is 25.0 Å². The molecule has 1 rings (SSSR count). The van der Waals surface area contributed by atoms with E-state index in [9.17, 15) is 0 Å². The van der Waals surface area contributed by atoms with Crippen molar-refractivity contribution < 1.29 is 0 Å². The molecule has 1 nitrogen and oxygen atoms in total. The van der Waals surface area contributed by atoms with Gasteiger partial charge in [-0.05, 0) is 25.0 Å². The van der Waals surface area contributed by atoms with Crippen LogP contribution in [-0.2, 0) is 6.42 Å². The van der Waals surface area contributed by atoms with Gasteiger partial charge in [-0.25, -0.2) is 0 Å². The molecule has 2 heteroatoms. The molecule has 0 amide bonds. The van der Waals surface area contributed by atoms with Crippen LogP contribution in [0.5, 0.6) is 0 Å². The summed E-state index contributed by atoms with van der Waals surface area (Å²) in [6.07, 6.45) is 4.98. The Morgan fingerprint density at radius 1 is 1.46 bits per heavy atom. The molecule has 0 N–H and O–H groups in total. The molecular weight excluding hydrogens is 182 g/mol. The van der Waals surface area contributed by atoms with E-state index < -0.39 is 0 Å². The number of aromatic nitrogens is 1. The number of nitrogens with zero attached hydrogens (tertiary/aromatic N) is 1. The summed E-state index contributed by atoms with van der Waals surface area (Å²) in [6, 6.07) is 4.14. The highest BCUT2D eigenvalue weighted by molar-refractivity contribution is 6.20. The zero-order valence-electron chi connectivity index (χ0n) is 8.26. The second kappa shape index (κ2) is 5.23. The van der Waals surface area contributed by atoms with E-state index in [1.165, 1.54) is 5.56 Å². The van der Waals surface area contributed by atoms with Gasteiger partial charge in [-0.3, -0.25) is 4.98 Å². The molecule has 0 aliphatic carbocycles. The summed E-state index contributed by atoms with van der Waals surface area (Å²) >= 11 is 6.12. The van der Waals surface area contributed by atoms with Crippen molar-refractivity contribution in [3.8, 4) is 0 Å². The maximum absolute atomic E-state index is 6.12. The van der Waals surface area contributed by atoms with Crippen LogP contribution in [0.1, 0.15) is 31.0 Å². The predicted molar refractivity (Wildman–Crippen MR) is 57.2 cm³/mol. The van der Waals surface area contributed by atoms with Gasteiger partial charge in [0.25, 0.3) is 0 Å². The smallest absolute Gasteiger partial charge is 0.0418 e. The Morgan fingerprint density at radius 2 is 2.23 bits per heavy atom. The van der Waals surface area contributed by atoms with Crippen molar-refractivity contribution in [2.45, 2.75) is 38.5 Å². The molecule has 0 saturated carbocycles. The largest absolute Gasteiger partial charge is 0.261 e. The summed E-state index contributed by atoms with van der Waals surface area (Å²) in [5.41, 5.74) is 2.30. The summed E-state index contributed by atoms with van der Waals surface area (Å²) < 4.78 is 0. The Hall–Kier alpha value is -0.560. The molecule has 1 heterocycles. The molecule has 13 heavy (non-hydrogen) atoms. The Labute approximate surface area is 85.1 Å². The van der Waals surface area contributed by atoms with Crippen molar-refractivity contribution in [3.05, 3.63) is 29.6 Å². The minimum Gasteiger partial charge on any atom is -0.261 e. The molecule has 0 radical (unpaired) electrons. The average molecular weight is 198 g/mol. The maximum Gasteiger partial charge on any atom is 0.0418 e. The molecule has 0 aromatic carbocycles. The van der Waals surface area contributed by atoms with E-state index in [1.807, 2.05) is 13.1 Å². The summed E-state index contributed by atoms with van der Waals surface area (Å²) in [6.45, 7) is 4.19. The number of rotatable bonds is 4. The zero-order valence-corrected chi connectivity index (χ0v) is 9.01. The highest BCUT2D eigenvalue weighted by atomic mass is 35.5. The first-order chi connectivity index (χ1) is 6.22. The van der Waals surface area contributed by atoms with Crippen molar-refractivity contribution in [1.82, 2.24) is 4.98 Å². The second-order valence-electron chi connectivity index (χ2n) is 3.42. The van der Waals surface area contributed by atoms with Gasteiger partial charge in [-0.1, -0.05) is 19.4 Å². The topological polar surface area (TPSA) is 12.9 Å². The van der Waals surface area contributed by atoms with Gasteiger partial charge in [-0.2, -0.15) is 0 Å². The number of hydrogen-bond acceptors (Lipinski definition) is 1. The maximum atomic E-state index is 6.12. The van der Waals surface area contributed by atoms with Crippen LogP contribution < -0.4 is 0 Å². The van der Waals surface area contributed by atoms with Crippen LogP contribution in [0.4, 0.5) is 0 Å². The van der Waals surface area contributed by atoms with Crippen molar-refractivity contribution >= 4 is 11.6 Å². The summed E-state index contributed by atoms with van der Waals surface area (Å²) in [4.78, 5) is 4.32. The van der Waals surface area contributed by atoms with Gasteiger partial charge in [0.1, 0.15) is 0 Å². The van der Waals surface area contributed by atoms with Gasteiger partial charge in [0.05, 0.1) is 0 Å². The number of halogens is 1. The first kappa shape index (κ1) is 10.5. The van der Waals surface area contributed by atoms with Crippen LogP contribution in [0, 0.1) is 6.92 Å². The lowest BCUT2D eigenvalue weighted by atomic mass is 10.1. The fourth-order valence-electron chi connectivity index (χ4n) is 1.26. The monoisotopic (exact) mass is 197 g/mol. The van der Waals surface area contributed by atoms with Crippen molar-refractivity contribution in [2.75, 3.05) is 0 Å². The Bertz CT molecular complexity index is 243. The van der Waals surface area contributed by atoms with E-state index >= 15 is 0 Å². The second-order valence-corrected chi connectivity index (χ2v) is 4.03. The highest BCUT2D eigenvalue weighted by Crippen LogP contribution is 2.11. The van der Waals surface area contributed by atoms with Crippen LogP contribution in [0.25, 0.3) is 0 Å². The molecule has 72 valence electrons. The molecule has 0 bridgehead atoms. The number of aryl methyl sites for hydroxylation is 1. The lowest BCUT2D eigenvalue weighted by Crippen LogP contribution is -2.04. The molecule has 1 atom stereocenters. The van der Waals surface area contributed by atoms with Crippen molar-refractivity contribution in [3.63, 3.8) is 0 Å². The van der Waals surface area contributed by atoms with Crippen molar-refractivity contribution in [2.24, 2.45) is 0 Å². The summed E-state index contributed by atoms with van der Waals surface area (Å²) in [5, 5.41) is 0.236. The zero-order chi connectivity index (χ0) is 9.68. The van der Waals surface area contributed by atoms with Crippen LogP contribution >= 0.6 is 11.6 Å². The minimum atomic E-state index is 0.236. The minimum absolute atomic E-state index is 0.236. The third-order valence-electron chi connectivity index (χ3n) is 2.01. The lowest BCUT2D eigenvalue weighted by molar-refractivity contribution is 0.716. The van der Waals surface area contributed by atoms with Gasteiger partial charge in [0.15, 0.2) is 0 Å². The molecule has 0 aliphatic heterocycles. The van der Waals surface area contributed by atoms with E-state index in [-0.39, 0.29) is 5.38 Å². The Kier molecular flexibility index (Phi) is 4.23. The highest BCUT2D eigenvalue weighted by Gasteiger charge is 2.04. The number of pyridine rings is 1. The SMILES string of the molecule is CCCC(Cl)Cc1ccc(C)cn1. The van der Waals surface area contributed by atoms with Gasteiger partial charge in [-0.15, -0.1) is 11.6 Å². The van der Waals surface area contributed by atoms with Gasteiger partial charge in [0.2, 0.25) is 0 Å².